The molecular weight excluding hydrogens is 412 g/mol. The fraction of sp³-hybridized carbons (Fsp3) is 0.240. The SMILES string of the molecule is Clc1cccc(Sc2cc3nc(-c4ccccc4)[nH]c3cc2OC2CCCCC2)c1. The molecular formula is C25H23ClN2OS. The first-order chi connectivity index (χ1) is 14.7. The van der Waals surface area contributed by atoms with Gasteiger partial charge < -0.3 is 9.72 Å². The molecule has 1 aromatic heterocycles. The molecule has 3 nitrogen and oxygen atoms in total. The van der Waals surface area contributed by atoms with Crippen LogP contribution in [0, 0.1) is 0 Å². The molecule has 0 atom stereocenters. The number of fused-ring (bicyclic) bond motifs is 1. The lowest BCUT2D eigenvalue weighted by Gasteiger charge is -2.24. The molecule has 3 aromatic carbocycles. The molecule has 0 bridgehead atoms. The molecule has 30 heavy (non-hydrogen) atoms. The lowest BCUT2D eigenvalue weighted by atomic mass is 9.98. The van der Waals surface area contributed by atoms with Gasteiger partial charge in [-0.05, 0) is 49.9 Å². The Balaban J connectivity index is 1.54. The zero-order valence-electron chi connectivity index (χ0n) is 16.6. The third kappa shape index (κ3) is 4.35. The highest BCUT2D eigenvalue weighted by Crippen LogP contribution is 2.40. The van der Waals surface area contributed by atoms with Gasteiger partial charge in [-0.2, -0.15) is 0 Å². The summed E-state index contributed by atoms with van der Waals surface area (Å²) in [6, 6.07) is 22.4. The van der Waals surface area contributed by atoms with Crippen LogP contribution in [0.4, 0.5) is 0 Å². The standard InChI is InChI=1S/C25H23ClN2OS/c26-18-10-7-13-20(14-18)30-24-16-22-21(15-23(24)29-19-11-5-2-6-12-19)27-25(28-22)17-8-3-1-4-9-17/h1,3-4,7-10,13-16,19H,2,5-6,11-12H2,(H,27,28). The Kier molecular flexibility index (Phi) is 5.69. The van der Waals surface area contributed by atoms with E-state index in [0.29, 0.717) is 0 Å². The number of aromatic amines is 1. The molecule has 5 rings (SSSR count). The van der Waals surface area contributed by atoms with Crippen LogP contribution in [0.3, 0.4) is 0 Å². The Bertz CT molecular complexity index is 1150. The molecule has 0 saturated heterocycles. The number of benzene rings is 3. The van der Waals surface area contributed by atoms with E-state index in [9.17, 15) is 0 Å². The van der Waals surface area contributed by atoms with E-state index in [4.69, 9.17) is 21.3 Å². The molecule has 4 aromatic rings. The van der Waals surface area contributed by atoms with E-state index in [2.05, 4.69) is 35.3 Å². The summed E-state index contributed by atoms with van der Waals surface area (Å²) in [5.74, 6) is 1.79. The van der Waals surface area contributed by atoms with Gasteiger partial charge in [0.05, 0.1) is 22.0 Å². The lowest BCUT2D eigenvalue weighted by Crippen LogP contribution is -2.19. The van der Waals surface area contributed by atoms with Crippen molar-refractivity contribution in [3.05, 3.63) is 71.8 Å². The summed E-state index contributed by atoms with van der Waals surface area (Å²) in [5, 5.41) is 0.738. The van der Waals surface area contributed by atoms with Crippen molar-refractivity contribution in [2.45, 2.75) is 48.0 Å². The average Bonchev–Trinajstić information content (AvgIpc) is 3.18. The van der Waals surface area contributed by atoms with E-state index in [1.165, 1.54) is 19.3 Å². The minimum Gasteiger partial charge on any atom is -0.489 e. The van der Waals surface area contributed by atoms with E-state index >= 15 is 0 Å². The number of rotatable bonds is 5. The lowest BCUT2D eigenvalue weighted by molar-refractivity contribution is 0.151. The van der Waals surface area contributed by atoms with Gasteiger partial charge >= 0.3 is 0 Å². The fourth-order valence-electron chi connectivity index (χ4n) is 3.94. The van der Waals surface area contributed by atoms with Crippen LogP contribution in [0.1, 0.15) is 32.1 Å². The first-order valence-electron chi connectivity index (χ1n) is 10.4. The summed E-state index contributed by atoms with van der Waals surface area (Å²) in [6.45, 7) is 0. The summed E-state index contributed by atoms with van der Waals surface area (Å²) in [7, 11) is 0. The van der Waals surface area contributed by atoms with Crippen molar-refractivity contribution >= 4 is 34.4 Å². The quantitative estimate of drug-likeness (QED) is 0.349. The first kappa shape index (κ1) is 19.5. The van der Waals surface area contributed by atoms with Gasteiger partial charge in [-0.3, -0.25) is 0 Å². The number of imidazole rings is 1. The van der Waals surface area contributed by atoms with E-state index in [1.807, 2.05) is 36.4 Å². The van der Waals surface area contributed by atoms with Gasteiger partial charge in [-0.15, -0.1) is 0 Å². The van der Waals surface area contributed by atoms with Gasteiger partial charge in [0.25, 0.3) is 0 Å². The predicted octanol–water partition coefficient (Wildman–Crippen LogP) is 7.75. The molecule has 1 fully saturated rings. The molecule has 0 unspecified atom stereocenters. The number of hydrogen-bond donors (Lipinski definition) is 1. The molecule has 1 aliphatic rings. The Labute approximate surface area is 185 Å². The largest absolute Gasteiger partial charge is 0.489 e. The highest BCUT2D eigenvalue weighted by atomic mass is 35.5. The number of hydrogen-bond acceptors (Lipinski definition) is 3. The summed E-state index contributed by atoms with van der Waals surface area (Å²) in [4.78, 5) is 10.5. The van der Waals surface area contributed by atoms with E-state index in [0.717, 1.165) is 55.8 Å². The van der Waals surface area contributed by atoms with Crippen LogP contribution in [-0.2, 0) is 0 Å². The second-order valence-corrected chi connectivity index (χ2v) is 9.26. The van der Waals surface area contributed by atoms with Crippen molar-refractivity contribution < 1.29 is 4.74 Å². The molecule has 0 spiro atoms. The zero-order chi connectivity index (χ0) is 20.3. The maximum atomic E-state index is 6.51. The number of halogens is 1. The summed E-state index contributed by atoms with van der Waals surface area (Å²) < 4.78 is 6.51. The molecule has 0 aliphatic heterocycles. The summed E-state index contributed by atoms with van der Waals surface area (Å²) in [6.07, 6.45) is 6.32. The molecule has 1 heterocycles. The number of ether oxygens (including phenoxy) is 1. The van der Waals surface area contributed by atoms with E-state index in [-0.39, 0.29) is 6.10 Å². The third-order valence-electron chi connectivity index (χ3n) is 5.46. The highest BCUT2D eigenvalue weighted by molar-refractivity contribution is 7.99. The Morgan fingerprint density at radius 2 is 1.77 bits per heavy atom. The van der Waals surface area contributed by atoms with Crippen molar-refractivity contribution in [1.29, 1.82) is 0 Å². The minimum absolute atomic E-state index is 0.284. The molecule has 152 valence electrons. The molecule has 1 saturated carbocycles. The number of nitrogens with one attached hydrogen (secondary N) is 1. The number of H-pyrrole nitrogens is 1. The van der Waals surface area contributed by atoms with Gasteiger partial charge in [-0.1, -0.05) is 66.2 Å². The Hall–Kier alpha value is -2.43. The normalized spacial score (nSPS) is 14.8. The monoisotopic (exact) mass is 434 g/mol. The molecule has 1 aliphatic carbocycles. The van der Waals surface area contributed by atoms with Crippen LogP contribution < -0.4 is 4.74 Å². The highest BCUT2D eigenvalue weighted by Gasteiger charge is 2.19. The molecule has 5 heteroatoms. The van der Waals surface area contributed by atoms with Gasteiger partial charge in [0.1, 0.15) is 11.6 Å². The summed E-state index contributed by atoms with van der Waals surface area (Å²) >= 11 is 7.88. The Morgan fingerprint density at radius 3 is 2.57 bits per heavy atom. The number of nitrogens with zero attached hydrogens (tertiary/aromatic N) is 1. The van der Waals surface area contributed by atoms with Crippen LogP contribution in [0.5, 0.6) is 5.75 Å². The molecule has 1 N–H and O–H groups in total. The predicted molar refractivity (Wildman–Crippen MR) is 125 cm³/mol. The van der Waals surface area contributed by atoms with Crippen LogP contribution in [0.25, 0.3) is 22.4 Å². The molecule has 0 radical (unpaired) electrons. The Morgan fingerprint density at radius 1 is 0.933 bits per heavy atom. The van der Waals surface area contributed by atoms with Gasteiger partial charge in [0.15, 0.2) is 0 Å². The third-order valence-corrected chi connectivity index (χ3v) is 6.73. The van der Waals surface area contributed by atoms with Crippen molar-refractivity contribution in [3.8, 4) is 17.1 Å². The van der Waals surface area contributed by atoms with Crippen molar-refractivity contribution in [1.82, 2.24) is 9.97 Å². The van der Waals surface area contributed by atoms with Crippen molar-refractivity contribution in [2.24, 2.45) is 0 Å². The van der Waals surface area contributed by atoms with Crippen LogP contribution in [0.15, 0.2) is 76.5 Å². The smallest absolute Gasteiger partial charge is 0.138 e. The van der Waals surface area contributed by atoms with Crippen LogP contribution in [0.2, 0.25) is 5.02 Å². The van der Waals surface area contributed by atoms with Crippen LogP contribution in [-0.4, -0.2) is 16.1 Å². The van der Waals surface area contributed by atoms with Crippen molar-refractivity contribution in [3.63, 3.8) is 0 Å². The first-order valence-corrected chi connectivity index (χ1v) is 11.6. The van der Waals surface area contributed by atoms with Crippen LogP contribution >= 0.6 is 23.4 Å². The maximum Gasteiger partial charge on any atom is 0.138 e. The van der Waals surface area contributed by atoms with Gasteiger partial charge in [-0.25, -0.2) is 4.98 Å². The topological polar surface area (TPSA) is 37.9 Å². The second kappa shape index (κ2) is 8.75. The van der Waals surface area contributed by atoms with Gasteiger partial charge in [0, 0.05) is 21.5 Å². The summed E-state index contributed by atoms with van der Waals surface area (Å²) in [5.41, 5.74) is 3.01. The molecule has 0 amide bonds. The second-order valence-electron chi connectivity index (χ2n) is 7.70. The van der Waals surface area contributed by atoms with E-state index < -0.39 is 0 Å². The minimum atomic E-state index is 0.284. The van der Waals surface area contributed by atoms with Crippen molar-refractivity contribution in [2.75, 3.05) is 0 Å². The van der Waals surface area contributed by atoms with E-state index in [1.54, 1.807) is 11.8 Å². The zero-order valence-corrected chi connectivity index (χ0v) is 18.2. The average molecular weight is 435 g/mol. The van der Waals surface area contributed by atoms with Gasteiger partial charge in [0.2, 0.25) is 0 Å². The number of aromatic nitrogens is 2. The fourth-order valence-corrected chi connectivity index (χ4v) is 5.16. The maximum absolute atomic E-state index is 6.51.